The third-order valence-electron chi connectivity index (χ3n) is 4.01. The lowest BCUT2D eigenvalue weighted by atomic mass is 9.85. The van der Waals surface area contributed by atoms with Crippen molar-refractivity contribution < 1.29 is 9.84 Å². The van der Waals surface area contributed by atoms with Crippen LogP contribution in [-0.4, -0.2) is 20.3 Å². The summed E-state index contributed by atoms with van der Waals surface area (Å²) in [4.78, 5) is 4.20. The van der Waals surface area contributed by atoms with Crippen LogP contribution in [0.3, 0.4) is 0 Å². The third-order valence-corrected chi connectivity index (χ3v) is 4.01. The number of aliphatic hydroxyl groups is 1. The number of benzene rings is 1. The second-order valence-corrected chi connectivity index (χ2v) is 5.90. The van der Waals surface area contributed by atoms with Crippen molar-refractivity contribution in [2.75, 3.05) is 0 Å². The smallest absolute Gasteiger partial charge is 0.0955 e. The minimum absolute atomic E-state index is 0.0135. The second-order valence-electron chi connectivity index (χ2n) is 5.90. The van der Waals surface area contributed by atoms with Gasteiger partial charge in [0.25, 0.3) is 0 Å². The molecular weight excluding hydrogens is 252 g/mol. The lowest BCUT2D eigenvalue weighted by Gasteiger charge is -2.41. The topological polar surface area (TPSA) is 47.3 Å². The predicted octanol–water partition coefficient (Wildman–Crippen LogP) is 2.83. The first-order valence-corrected chi connectivity index (χ1v) is 6.92. The molecule has 1 aliphatic rings. The maximum atomic E-state index is 9.94. The molecule has 106 valence electrons. The molecule has 2 unspecified atom stereocenters. The summed E-state index contributed by atoms with van der Waals surface area (Å²) in [5, 5.41) is 9.94. The highest BCUT2D eigenvalue weighted by Crippen LogP contribution is 2.40. The van der Waals surface area contributed by atoms with Gasteiger partial charge in [0.2, 0.25) is 0 Å². The zero-order valence-corrected chi connectivity index (χ0v) is 12.1. The fourth-order valence-corrected chi connectivity index (χ4v) is 2.99. The van der Waals surface area contributed by atoms with Crippen molar-refractivity contribution >= 4 is 0 Å². The first-order chi connectivity index (χ1) is 9.50. The van der Waals surface area contributed by atoms with Crippen LogP contribution in [0.4, 0.5) is 0 Å². The van der Waals surface area contributed by atoms with E-state index in [4.69, 9.17) is 4.74 Å². The van der Waals surface area contributed by atoms with Gasteiger partial charge in [-0.15, -0.1) is 0 Å². The summed E-state index contributed by atoms with van der Waals surface area (Å²) >= 11 is 0. The largest absolute Gasteiger partial charge is 0.387 e. The van der Waals surface area contributed by atoms with E-state index in [1.165, 1.54) is 11.1 Å². The van der Waals surface area contributed by atoms with Gasteiger partial charge in [-0.2, -0.15) is 0 Å². The molecule has 0 bridgehead atoms. The van der Waals surface area contributed by atoms with Gasteiger partial charge in [-0.3, -0.25) is 0 Å². The number of ether oxygens (including phenoxy) is 1. The van der Waals surface area contributed by atoms with Crippen molar-refractivity contribution in [1.82, 2.24) is 9.55 Å². The van der Waals surface area contributed by atoms with Gasteiger partial charge in [0, 0.05) is 0 Å². The molecule has 3 rings (SSSR count). The molecule has 4 nitrogen and oxygen atoms in total. The SMILES string of the molecule is CC(O)c1cncn1C1c2ccccc2COC1(C)C. The van der Waals surface area contributed by atoms with Crippen LogP contribution in [0.25, 0.3) is 0 Å². The standard InChI is InChI=1S/C16H20N2O2/c1-11(19)14-8-17-10-18(14)15-13-7-5-4-6-12(13)9-20-16(15,2)3/h4-8,10-11,15,19H,9H2,1-3H3. The van der Waals surface area contributed by atoms with Crippen LogP contribution in [0.1, 0.15) is 49.7 Å². The number of nitrogens with zero attached hydrogens (tertiary/aromatic N) is 2. The number of aliphatic hydroxyl groups excluding tert-OH is 1. The molecule has 0 saturated carbocycles. The first kappa shape index (κ1) is 13.3. The van der Waals surface area contributed by atoms with Crippen LogP contribution in [0, 0.1) is 0 Å². The maximum absolute atomic E-state index is 9.94. The Labute approximate surface area is 119 Å². The highest BCUT2D eigenvalue weighted by molar-refractivity contribution is 5.34. The van der Waals surface area contributed by atoms with Gasteiger partial charge >= 0.3 is 0 Å². The minimum Gasteiger partial charge on any atom is -0.387 e. The number of fused-ring (bicyclic) bond motifs is 1. The lowest BCUT2D eigenvalue weighted by molar-refractivity contribution is -0.0698. The van der Waals surface area contributed by atoms with Gasteiger partial charge in [0.1, 0.15) is 0 Å². The molecule has 1 aromatic carbocycles. The molecule has 1 aromatic heterocycles. The monoisotopic (exact) mass is 272 g/mol. The van der Waals surface area contributed by atoms with Crippen LogP contribution < -0.4 is 0 Å². The fourth-order valence-electron chi connectivity index (χ4n) is 2.99. The Hall–Kier alpha value is -1.65. The molecule has 0 radical (unpaired) electrons. The quantitative estimate of drug-likeness (QED) is 0.914. The molecule has 1 aliphatic heterocycles. The van der Waals surface area contributed by atoms with Crippen LogP contribution in [0.5, 0.6) is 0 Å². The molecule has 4 heteroatoms. The zero-order valence-electron chi connectivity index (χ0n) is 12.1. The Morgan fingerprint density at radius 3 is 2.90 bits per heavy atom. The van der Waals surface area contributed by atoms with Crippen molar-refractivity contribution in [3.05, 3.63) is 53.6 Å². The van der Waals surface area contributed by atoms with Gasteiger partial charge in [0.05, 0.1) is 42.6 Å². The fraction of sp³-hybridized carbons (Fsp3) is 0.438. The molecule has 0 fully saturated rings. The van der Waals surface area contributed by atoms with Crippen molar-refractivity contribution in [1.29, 1.82) is 0 Å². The van der Waals surface area contributed by atoms with Gasteiger partial charge in [-0.25, -0.2) is 4.98 Å². The molecule has 2 heterocycles. The molecule has 20 heavy (non-hydrogen) atoms. The van der Waals surface area contributed by atoms with Crippen LogP contribution in [0.15, 0.2) is 36.8 Å². The Balaban J connectivity index is 2.17. The van der Waals surface area contributed by atoms with E-state index in [0.29, 0.717) is 6.61 Å². The number of hydrogen-bond acceptors (Lipinski definition) is 3. The van der Waals surface area contributed by atoms with E-state index >= 15 is 0 Å². The third kappa shape index (κ3) is 2.05. The van der Waals surface area contributed by atoms with E-state index in [2.05, 4.69) is 31.0 Å². The Bertz CT molecular complexity index is 616. The summed E-state index contributed by atoms with van der Waals surface area (Å²) in [5.41, 5.74) is 2.90. The summed E-state index contributed by atoms with van der Waals surface area (Å²) in [6, 6.07) is 8.32. The van der Waals surface area contributed by atoms with E-state index in [9.17, 15) is 5.11 Å². The lowest BCUT2D eigenvalue weighted by Crippen LogP contribution is -2.41. The maximum Gasteiger partial charge on any atom is 0.0955 e. The number of rotatable bonds is 2. The highest BCUT2D eigenvalue weighted by atomic mass is 16.5. The second kappa shape index (κ2) is 4.72. The van der Waals surface area contributed by atoms with Crippen LogP contribution >= 0.6 is 0 Å². The van der Waals surface area contributed by atoms with Gasteiger partial charge < -0.3 is 14.4 Å². The van der Waals surface area contributed by atoms with Crippen molar-refractivity contribution in [3.63, 3.8) is 0 Å². The van der Waals surface area contributed by atoms with Crippen LogP contribution in [0.2, 0.25) is 0 Å². The van der Waals surface area contributed by atoms with E-state index < -0.39 is 6.10 Å². The van der Waals surface area contributed by atoms with Gasteiger partial charge in [0.15, 0.2) is 0 Å². The summed E-state index contributed by atoms with van der Waals surface area (Å²) in [6.07, 6.45) is 2.94. The summed E-state index contributed by atoms with van der Waals surface area (Å²) in [5.74, 6) is 0. The van der Waals surface area contributed by atoms with Gasteiger partial charge in [-0.1, -0.05) is 24.3 Å². The average molecular weight is 272 g/mol. The van der Waals surface area contributed by atoms with Crippen LogP contribution in [-0.2, 0) is 11.3 Å². The molecule has 0 saturated heterocycles. The normalized spacial score (nSPS) is 22.3. The summed E-state index contributed by atoms with van der Waals surface area (Å²) < 4.78 is 8.06. The molecule has 2 atom stereocenters. The molecular formula is C16H20N2O2. The minimum atomic E-state index is -0.553. The first-order valence-electron chi connectivity index (χ1n) is 6.92. The van der Waals surface area contributed by atoms with E-state index in [1.54, 1.807) is 19.4 Å². The Kier molecular flexibility index (Phi) is 3.15. The predicted molar refractivity (Wildman–Crippen MR) is 76.3 cm³/mol. The van der Waals surface area contributed by atoms with E-state index in [0.717, 1.165) is 5.69 Å². The van der Waals surface area contributed by atoms with E-state index in [1.807, 2.05) is 16.7 Å². The zero-order chi connectivity index (χ0) is 14.3. The molecule has 0 aliphatic carbocycles. The van der Waals surface area contributed by atoms with Crippen molar-refractivity contribution in [2.24, 2.45) is 0 Å². The Morgan fingerprint density at radius 2 is 2.15 bits per heavy atom. The van der Waals surface area contributed by atoms with Crippen molar-refractivity contribution in [3.8, 4) is 0 Å². The van der Waals surface area contributed by atoms with Gasteiger partial charge in [-0.05, 0) is 31.9 Å². The van der Waals surface area contributed by atoms with Crippen molar-refractivity contribution in [2.45, 2.75) is 45.1 Å². The summed E-state index contributed by atoms with van der Waals surface area (Å²) in [6.45, 7) is 6.55. The number of imidazole rings is 1. The molecule has 0 spiro atoms. The van der Waals surface area contributed by atoms with E-state index in [-0.39, 0.29) is 11.6 Å². The Morgan fingerprint density at radius 1 is 1.40 bits per heavy atom. The molecule has 1 N–H and O–H groups in total. The summed E-state index contributed by atoms with van der Waals surface area (Å²) in [7, 11) is 0. The highest BCUT2D eigenvalue weighted by Gasteiger charge is 2.39. The average Bonchev–Trinajstić information content (AvgIpc) is 2.86. The number of hydrogen-bond donors (Lipinski definition) is 1. The molecule has 0 amide bonds. The number of aromatic nitrogens is 2. The molecule has 2 aromatic rings.